The van der Waals surface area contributed by atoms with Gasteiger partial charge in [0, 0.05) is 17.7 Å². The minimum atomic E-state index is 0.435. The van der Waals surface area contributed by atoms with E-state index >= 15 is 0 Å². The summed E-state index contributed by atoms with van der Waals surface area (Å²) in [6.07, 6.45) is 7.19. The highest BCUT2D eigenvalue weighted by molar-refractivity contribution is 9.09. The lowest BCUT2D eigenvalue weighted by molar-refractivity contribution is -0.119. The first-order valence-electron chi connectivity index (χ1n) is 5.36. The molecule has 0 aromatic carbocycles. The van der Waals surface area contributed by atoms with Crippen molar-refractivity contribution in [2.24, 2.45) is 0 Å². The lowest BCUT2D eigenvalue weighted by Gasteiger charge is -2.05. The summed E-state index contributed by atoms with van der Waals surface area (Å²) in [6.45, 7) is 4.24. The van der Waals surface area contributed by atoms with Gasteiger partial charge in [-0.05, 0) is 25.7 Å². The molecule has 78 valence electrons. The Bertz CT molecular complexity index is 134. The highest BCUT2D eigenvalue weighted by Gasteiger charge is 2.02. The Balaban J connectivity index is 3.20. The van der Waals surface area contributed by atoms with Crippen molar-refractivity contribution in [2.75, 3.05) is 0 Å². The van der Waals surface area contributed by atoms with Gasteiger partial charge >= 0.3 is 0 Å². The van der Waals surface area contributed by atoms with Crippen LogP contribution in [0, 0.1) is 0 Å². The molecule has 1 unspecified atom stereocenters. The van der Waals surface area contributed by atoms with Gasteiger partial charge in [0.15, 0.2) is 0 Å². The molecular weight excluding hydrogens is 228 g/mol. The molecule has 0 N–H and O–H groups in total. The van der Waals surface area contributed by atoms with Gasteiger partial charge in [-0.15, -0.1) is 0 Å². The van der Waals surface area contributed by atoms with E-state index in [1.807, 2.05) is 0 Å². The van der Waals surface area contributed by atoms with Crippen LogP contribution in [0.3, 0.4) is 0 Å². The third-order valence-electron chi connectivity index (χ3n) is 2.19. The lowest BCUT2D eigenvalue weighted by Crippen LogP contribution is -1.99. The quantitative estimate of drug-likeness (QED) is 0.467. The van der Waals surface area contributed by atoms with Gasteiger partial charge in [0.05, 0.1) is 0 Å². The number of Topliss-reactive ketones (excluding diaryl/α,β-unsaturated/α-hetero) is 1. The summed E-state index contributed by atoms with van der Waals surface area (Å²) < 4.78 is 0. The summed E-state index contributed by atoms with van der Waals surface area (Å²) in [5, 5.41) is 0. The van der Waals surface area contributed by atoms with Gasteiger partial charge in [-0.1, -0.05) is 36.2 Å². The maximum absolute atomic E-state index is 11.1. The zero-order valence-corrected chi connectivity index (χ0v) is 10.4. The SMILES string of the molecule is CCCC(=O)CCCCC(Br)CC. The van der Waals surface area contributed by atoms with Gasteiger partial charge in [-0.25, -0.2) is 0 Å². The zero-order valence-electron chi connectivity index (χ0n) is 8.81. The van der Waals surface area contributed by atoms with Crippen LogP contribution in [0.2, 0.25) is 0 Å². The maximum Gasteiger partial charge on any atom is 0.132 e. The van der Waals surface area contributed by atoms with Gasteiger partial charge in [0.25, 0.3) is 0 Å². The van der Waals surface area contributed by atoms with Crippen molar-refractivity contribution >= 4 is 21.7 Å². The Labute approximate surface area is 90.4 Å². The van der Waals surface area contributed by atoms with Crippen LogP contribution in [-0.4, -0.2) is 10.6 Å². The molecule has 1 nitrogen and oxygen atoms in total. The molecule has 0 aliphatic carbocycles. The molecule has 0 radical (unpaired) electrons. The summed E-state index contributed by atoms with van der Waals surface area (Å²) in [4.78, 5) is 11.8. The normalized spacial score (nSPS) is 12.8. The smallest absolute Gasteiger partial charge is 0.132 e. The van der Waals surface area contributed by atoms with Crippen LogP contribution in [0.15, 0.2) is 0 Å². The van der Waals surface area contributed by atoms with Crippen LogP contribution < -0.4 is 0 Å². The second-order valence-electron chi connectivity index (χ2n) is 3.54. The maximum atomic E-state index is 11.1. The van der Waals surface area contributed by atoms with Crippen LogP contribution >= 0.6 is 15.9 Å². The average Bonchev–Trinajstić information content (AvgIpc) is 2.12. The molecule has 2 heteroatoms. The molecule has 0 saturated carbocycles. The first-order valence-corrected chi connectivity index (χ1v) is 6.28. The van der Waals surface area contributed by atoms with Crippen molar-refractivity contribution in [1.82, 2.24) is 0 Å². The monoisotopic (exact) mass is 248 g/mol. The molecule has 0 rings (SSSR count). The van der Waals surface area contributed by atoms with Crippen molar-refractivity contribution < 1.29 is 4.79 Å². The van der Waals surface area contributed by atoms with E-state index in [0.717, 1.165) is 25.7 Å². The highest BCUT2D eigenvalue weighted by Crippen LogP contribution is 2.14. The number of carbonyl (C=O) groups excluding carboxylic acids is 1. The first-order chi connectivity index (χ1) is 6.20. The number of carbonyl (C=O) groups is 1. The molecule has 0 fully saturated rings. The standard InChI is InChI=1S/C11H21BrO/c1-3-7-11(13)9-6-5-8-10(12)4-2/h10H,3-9H2,1-2H3. The van der Waals surface area contributed by atoms with E-state index in [0.29, 0.717) is 10.6 Å². The van der Waals surface area contributed by atoms with Crippen molar-refractivity contribution in [3.8, 4) is 0 Å². The lowest BCUT2D eigenvalue weighted by atomic mass is 10.1. The molecule has 0 aliphatic heterocycles. The zero-order chi connectivity index (χ0) is 10.1. The highest BCUT2D eigenvalue weighted by atomic mass is 79.9. The number of alkyl halides is 1. The Morgan fingerprint density at radius 1 is 1.23 bits per heavy atom. The van der Waals surface area contributed by atoms with E-state index in [1.54, 1.807) is 0 Å². The molecule has 0 amide bonds. The summed E-state index contributed by atoms with van der Waals surface area (Å²) in [5.41, 5.74) is 0. The third-order valence-corrected chi connectivity index (χ3v) is 3.30. The number of rotatable bonds is 8. The summed E-state index contributed by atoms with van der Waals surface area (Å²) in [6, 6.07) is 0. The van der Waals surface area contributed by atoms with Crippen LogP contribution in [0.1, 0.15) is 58.8 Å². The van der Waals surface area contributed by atoms with Gasteiger partial charge in [-0.3, -0.25) is 4.79 Å². The summed E-state index contributed by atoms with van der Waals surface area (Å²) >= 11 is 3.59. The fraction of sp³-hybridized carbons (Fsp3) is 0.909. The molecule has 13 heavy (non-hydrogen) atoms. The summed E-state index contributed by atoms with van der Waals surface area (Å²) in [7, 11) is 0. The first kappa shape index (κ1) is 13.2. The minimum absolute atomic E-state index is 0.435. The van der Waals surface area contributed by atoms with Gasteiger partial charge < -0.3 is 0 Å². The van der Waals surface area contributed by atoms with Crippen LogP contribution in [0.5, 0.6) is 0 Å². The molecule has 0 aromatic heterocycles. The van der Waals surface area contributed by atoms with E-state index in [-0.39, 0.29) is 0 Å². The topological polar surface area (TPSA) is 17.1 Å². The largest absolute Gasteiger partial charge is 0.300 e. The number of halogens is 1. The number of ketones is 1. The van der Waals surface area contributed by atoms with Crippen LogP contribution in [0.25, 0.3) is 0 Å². The van der Waals surface area contributed by atoms with Crippen molar-refractivity contribution in [1.29, 1.82) is 0 Å². The van der Waals surface area contributed by atoms with E-state index in [9.17, 15) is 4.79 Å². The Hall–Kier alpha value is 0.150. The predicted octanol–water partition coefficient (Wildman–Crippen LogP) is 4.09. The Morgan fingerprint density at radius 3 is 2.46 bits per heavy atom. The summed E-state index contributed by atoms with van der Waals surface area (Å²) in [5.74, 6) is 0.435. The van der Waals surface area contributed by atoms with Crippen LogP contribution in [-0.2, 0) is 4.79 Å². The molecular formula is C11H21BrO. The Morgan fingerprint density at radius 2 is 1.92 bits per heavy atom. The molecule has 0 spiro atoms. The van der Waals surface area contributed by atoms with Gasteiger partial charge in [0.2, 0.25) is 0 Å². The van der Waals surface area contributed by atoms with Crippen molar-refractivity contribution in [3.63, 3.8) is 0 Å². The van der Waals surface area contributed by atoms with E-state index in [1.165, 1.54) is 19.3 Å². The second kappa shape index (κ2) is 8.74. The second-order valence-corrected chi connectivity index (χ2v) is 4.83. The Kier molecular flexibility index (Phi) is 8.84. The van der Waals surface area contributed by atoms with Gasteiger partial charge in [0.1, 0.15) is 5.78 Å². The van der Waals surface area contributed by atoms with Crippen molar-refractivity contribution in [2.45, 2.75) is 63.6 Å². The molecule has 0 aromatic rings. The fourth-order valence-electron chi connectivity index (χ4n) is 1.30. The average molecular weight is 249 g/mol. The molecule has 1 atom stereocenters. The number of hydrogen-bond acceptors (Lipinski definition) is 1. The fourth-order valence-corrected chi connectivity index (χ4v) is 1.62. The molecule has 0 saturated heterocycles. The number of unbranched alkanes of at least 4 members (excludes halogenated alkanes) is 1. The minimum Gasteiger partial charge on any atom is -0.300 e. The predicted molar refractivity (Wildman–Crippen MR) is 61.4 cm³/mol. The van der Waals surface area contributed by atoms with Crippen molar-refractivity contribution in [3.05, 3.63) is 0 Å². The molecule has 0 heterocycles. The van der Waals surface area contributed by atoms with Gasteiger partial charge in [-0.2, -0.15) is 0 Å². The number of hydrogen-bond donors (Lipinski definition) is 0. The molecule has 0 aliphatic rings. The molecule has 0 bridgehead atoms. The van der Waals surface area contributed by atoms with E-state index in [2.05, 4.69) is 29.8 Å². The third kappa shape index (κ3) is 8.48. The van der Waals surface area contributed by atoms with E-state index in [4.69, 9.17) is 0 Å². The van der Waals surface area contributed by atoms with E-state index < -0.39 is 0 Å². The van der Waals surface area contributed by atoms with Crippen LogP contribution in [0.4, 0.5) is 0 Å².